The van der Waals surface area contributed by atoms with Gasteiger partial charge in [-0.15, -0.1) is 0 Å². The number of carbonyl (C=O) groups is 1. The molecule has 0 amide bonds. The fourth-order valence-electron chi connectivity index (χ4n) is 3.58. The largest absolute Gasteiger partial charge is 0.460 e. The molecule has 0 spiro atoms. The summed E-state index contributed by atoms with van der Waals surface area (Å²) in [7, 11) is -4.34. The minimum Gasteiger partial charge on any atom is -0.460 e. The fourth-order valence-corrected chi connectivity index (χ4v) is 4.97. The van der Waals surface area contributed by atoms with Gasteiger partial charge in [0.25, 0.3) is 5.69 Å². The molecule has 180 valence electrons. The highest BCUT2D eigenvalue weighted by Gasteiger charge is 2.29. The molecule has 1 unspecified atom stereocenters. The van der Waals surface area contributed by atoms with Crippen molar-refractivity contribution in [2.75, 3.05) is 0 Å². The van der Waals surface area contributed by atoms with Gasteiger partial charge in [-0.3, -0.25) is 14.9 Å². The summed E-state index contributed by atoms with van der Waals surface area (Å²) < 4.78 is 34.0. The van der Waals surface area contributed by atoms with Gasteiger partial charge in [-0.05, 0) is 29.3 Å². The summed E-state index contributed by atoms with van der Waals surface area (Å²) in [4.78, 5) is 26.2. The molecule has 2 N–H and O–H groups in total. The van der Waals surface area contributed by atoms with Crippen LogP contribution in [0.2, 0.25) is 5.02 Å². The highest BCUT2D eigenvalue weighted by Crippen LogP contribution is 2.27. The maximum atomic E-state index is 13.1. The predicted octanol–water partition coefficient (Wildman–Crippen LogP) is 4.36. The predicted molar refractivity (Wildman–Crippen MR) is 130 cm³/mol. The number of esters is 1. The molecule has 0 saturated carbocycles. The molecule has 4 aromatic rings. The number of H-pyrrole nitrogens is 1. The summed E-state index contributed by atoms with van der Waals surface area (Å²) in [6, 6.07) is 18.2. The van der Waals surface area contributed by atoms with Crippen LogP contribution in [0, 0.1) is 10.1 Å². The number of fused-ring (bicyclic) bond motifs is 1. The van der Waals surface area contributed by atoms with Crippen LogP contribution in [0.25, 0.3) is 10.9 Å². The van der Waals surface area contributed by atoms with Crippen molar-refractivity contribution >= 4 is 44.2 Å². The third-order valence-electron chi connectivity index (χ3n) is 5.33. The van der Waals surface area contributed by atoms with E-state index in [1.54, 1.807) is 30.5 Å². The Morgan fingerprint density at radius 3 is 2.54 bits per heavy atom. The maximum absolute atomic E-state index is 13.1. The third kappa shape index (κ3) is 5.68. The van der Waals surface area contributed by atoms with Crippen molar-refractivity contribution in [2.24, 2.45) is 0 Å². The Labute approximate surface area is 205 Å². The Balaban J connectivity index is 1.63. The zero-order valence-electron chi connectivity index (χ0n) is 18.2. The van der Waals surface area contributed by atoms with Crippen molar-refractivity contribution in [2.45, 2.75) is 24.0 Å². The number of carbonyl (C=O) groups excluding carboxylic acids is 1. The number of rotatable bonds is 9. The highest BCUT2D eigenvalue weighted by molar-refractivity contribution is 7.89. The van der Waals surface area contributed by atoms with Crippen molar-refractivity contribution < 1.29 is 22.9 Å². The van der Waals surface area contributed by atoms with Gasteiger partial charge >= 0.3 is 5.97 Å². The standard InChI is InChI=1S/C24H20ClN3O6S/c25-20-11-10-18(13-23(20)28(30)31)35(32,33)27-22(24(29)34-15-16-6-2-1-3-7-16)12-17-14-26-21-9-5-4-8-19(17)21/h1-11,13-14,22,26-27H,12,15H2. The number of nitro benzene ring substituents is 1. The number of para-hydroxylation sites is 1. The van der Waals surface area contributed by atoms with E-state index in [4.69, 9.17) is 16.3 Å². The molecule has 4 rings (SSSR count). The van der Waals surface area contributed by atoms with Crippen LogP contribution in [0.1, 0.15) is 11.1 Å². The van der Waals surface area contributed by atoms with Gasteiger partial charge in [-0.1, -0.05) is 60.1 Å². The van der Waals surface area contributed by atoms with E-state index in [1.807, 2.05) is 30.3 Å². The molecule has 1 heterocycles. The number of hydrogen-bond donors (Lipinski definition) is 2. The monoisotopic (exact) mass is 513 g/mol. The van der Waals surface area contributed by atoms with Gasteiger partial charge in [-0.2, -0.15) is 4.72 Å². The Kier molecular flexibility index (Phi) is 7.15. The van der Waals surface area contributed by atoms with Crippen molar-refractivity contribution in [3.63, 3.8) is 0 Å². The van der Waals surface area contributed by atoms with Gasteiger partial charge < -0.3 is 9.72 Å². The third-order valence-corrected chi connectivity index (χ3v) is 7.12. The first-order valence-electron chi connectivity index (χ1n) is 10.5. The number of halogens is 1. The molecule has 11 heteroatoms. The molecule has 0 aliphatic heterocycles. The van der Waals surface area contributed by atoms with E-state index < -0.39 is 37.5 Å². The van der Waals surface area contributed by atoms with Crippen molar-refractivity contribution in [3.8, 4) is 0 Å². The van der Waals surface area contributed by atoms with E-state index >= 15 is 0 Å². The Morgan fingerprint density at radius 2 is 1.80 bits per heavy atom. The average Bonchev–Trinajstić information content (AvgIpc) is 3.25. The molecule has 0 bridgehead atoms. The lowest BCUT2D eigenvalue weighted by atomic mass is 10.1. The molecule has 0 aliphatic carbocycles. The van der Waals surface area contributed by atoms with Crippen molar-refractivity contribution in [1.82, 2.24) is 9.71 Å². The number of aromatic amines is 1. The molecule has 0 fully saturated rings. The topological polar surface area (TPSA) is 131 Å². The normalized spacial score (nSPS) is 12.4. The van der Waals surface area contributed by atoms with E-state index in [0.29, 0.717) is 5.56 Å². The average molecular weight is 514 g/mol. The molecule has 0 saturated heterocycles. The highest BCUT2D eigenvalue weighted by atomic mass is 35.5. The Bertz CT molecular complexity index is 1490. The molecular formula is C24H20ClN3O6S. The van der Waals surface area contributed by atoms with Crippen LogP contribution in [0.15, 0.2) is 83.9 Å². The molecule has 0 radical (unpaired) electrons. The van der Waals surface area contributed by atoms with Crippen molar-refractivity contribution in [1.29, 1.82) is 0 Å². The van der Waals surface area contributed by atoms with Gasteiger partial charge in [-0.25, -0.2) is 8.42 Å². The van der Waals surface area contributed by atoms with E-state index in [-0.39, 0.29) is 18.1 Å². The zero-order chi connectivity index (χ0) is 25.0. The van der Waals surface area contributed by atoms with Crippen LogP contribution in [0.4, 0.5) is 5.69 Å². The SMILES string of the molecule is O=C(OCc1ccccc1)C(Cc1c[nH]c2ccccc12)NS(=O)(=O)c1ccc(Cl)c([N+](=O)[O-])c1. The van der Waals surface area contributed by atoms with E-state index in [1.165, 1.54) is 0 Å². The first kappa shape index (κ1) is 24.4. The van der Waals surface area contributed by atoms with Gasteiger partial charge in [0.05, 0.1) is 9.82 Å². The number of hydrogen-bond acceptors (Lipinski definition) is 6. The lowest BCUT2D eigenvalue weighted by molar-refractivity contribution is -0.384. The molecule has 1 aromatic heterocycles. The van der Waals surface area contributed by atoms with Crippen molar-refractivity contribution in [3.05, 3.63) is 105 Å². The quantitative estimate of drug-likeness (QED) is 0.194. The van der Waals surface area contributed by atoms with Crippen LogP contribution >= 0.6 is 11.6 Å². The molecular weight excluding hydrogens is 494 g/mol. The molecule has 3 aromatic carbocycles. The minimum absolute atomic E-state index is 0.00739. The first-order chi connectivity index (χ1) is 16.7. The Hall–Kier alpha value is -3.73. The molecule has 35 heavy (non-hydrogen) atoms. The van der Waals surface area contributed by atoms with Gasteiger partial charge in [0.2, 0.25) is 10.0 Å². The number of nitro groups is 1. The van der Waals surface area contributed by atoms with E-state index in [9.17, 15) is 23.3 Å². The van der Waals surface area contributed by atoms with E-state index in [2.05, 4.69) is 9.71 Å². The summed E-state index contributed by atoms with van der Waals surface area (Å²) in [6.45, 7) is -0.0435. The summed E-state index contributed by atoms with van der Waals surface area (Å²) in [5.41, 5.74) is 1.71. The first-order valence-corrected chi connectivity index (χ1v) is 12.3. The van der Waals surface area contributed by atoms with Crippen LogP contribution < -0.4 is 4.72 Å². The van der Waals surface area contributed by atoms with Crippen LogP contribution in [0.5, 0.6) is 0 Å². The maximum Gasteiger partial charge on any atom is 0.324 e. The number of sulfonamides is 1. The summed E-state index contributed by atoms with van der Waals surface area (Å²) in [5, 5.41) is 11.8. The number of benzene rings is 3. The van der Waals surface area contributed by atoms with Crippen LogP contribution in [-0.4, -0.2) is 30.3 Å². The summed E-state index contributed by atoms with van der Waals surface area (Å²) >= 11 is 5.81. The smallest absolute Gasteiger partial charge is 0.324 e. The number of aromatic nitrogens is 1. The Morgan fingerprint density at radius 1 is 1.09 bits per heavy atom. The summed E-state index contributed by atoms with van der Waals surface area (Å²) in [5.74, 6) is -0.786. The van der Waals surface area contributed by atoms with Gasteiger partial charge in [0.15, 0.2) is 0 Å². The molecule has 0 aliphatic rings. The molecule has 1 atom stereocenters. The van der Waals surface area contributed by atoms with E-state index in [0.717, 1.165) is 34.7 Å². The van der Waals surface area contributed by atoms with Gasteiger partial charge in [0.1, 0.15) is 17.7 Å². The lowest BCUT2D eigenvalue weighted by Crippen LogP contribution is -2.43. The second-order valence-corrected chi connectivity index (χ2v) is 9.82. The molecule has 9 nitrogen and oxygen atoms in total. The number of ether oxygens (including phenoxy) is 1. The zero-order valence-corrected chi connectivity index (χ0v) is 19.8. The summed E-state index contributed by atoms with van der Waals surface area (Å²) in [6.07, 6.45) is 1.69. The van der Waals surface area contributed by atoms with Gasteiger partial charge in [0, 0.05) is 29.6 Å². The lowest BCUT2D eigenvalue weighted by Gasteiger charge is -2.18. The minimum atomic E-state index is -4.34. The second-order valence-electron chi connectivity index (χ2n) is 7.70. The van der Waals surface area contributed by atoms with Crippen LogP contribution in [-0.2, 0) is 32.6 Å². The number of nitrogens with one attached hydrogen (secondary N) is 2. The number of nitrogens with zero attached hydrogens (tertiary/aromatic N) is 1. The second kappa shape index (κ2) is 10.3. The fraction of sp³-hybridized carbons (Fsp3) is 0.125. The van der Waals surface area contributed by atoms with Crippen LogP contribution in [0.3, 0.4) is 0 Å².